The van der Waals surface area contributed by atoms with Crippen LogP contribution in [0.5, 0.6) is 0 Å². The van der Waals surface area contributed by atoms with Crippen molar-refractivity contribution in [3.8, 4) is 0 Å². The van der Waals surface area contributed by atoms with Gasteiger partial charge in [-0.05, 0) is 18.2 Å². The number of hydrogen-bond acceptors (Lipinski definition) is 3. The molecule has 0 atom stereocenters. The molecule has 70 valence electrons. The van der Waals surface area contributed by atoms with E-state index >= 15 is 0 Å². The van der Waals surface area contributed by atoms with Crippen LogP contribution in [0.3, 0.4) is 0 Å². The van der Waals surface area contributed by atoms with Gasteiger partial charge in [0.1, 0.15) is 0 Å². The number of benzene rings is 1. The first-order valence-electron chi connectivity index (χ1n) is 3.98. The van der Waals surface area contributed by atoms with Crippen molar-refractivity contribution >= 4 is 30.1 Å². The summed E-state index contributed by atoms with van der Waals surface area (Å²) in [5.41, 5.74) is 7.58. The number of nitrogens with two attached hydrogens (primary N) is 1. The third-order valence-electron chi connectivity index (χ3n) is 1.89. The van der Waals surface area contributed by atoms with E-state index in [1.807, 2.05) is 30.6 Å². The average Bonchev–Trinajstić information content (AvgIpc) is 2.56. The second kappa shape index (κ2) is 4.14. The molecule has 1 aromatic carbocycles. The van der Waals surface area contributed by atoms with E-state index in [-0.39, 0.29) is 12.4 Å². The van der Waals surface area contributed by atoms with E-state index in [2.05, 4.69) is 9.89 Å². The smallest absolute Gasteiger partial charge is 0.0895 e. The van der Waals surface area contributed by atoms with Crippen molar-refractivity contribution in [1.29, 1.82) is 0 Å². The Kier molecular flexibility index (Phi) is 3.14. The van der Waals surface area contributed by atoms with E-state index in [0.717, 1.165) is 24.5 Å². The van der Waals surface area contributed by atoms with Crippen molar-refractivity contribution in [2.75, 3.05) is 23.7 Å². The molecule has 2 rings (SSSR count). The fourth-order valence-electron chi connectivity index (χ4n) is 1.28. The van der Waals surface area contributed by atoms with E-state index in [4.69, 9.17) is 5.73 Å². The van der Waals surface area contributed by atoms with E-state index in [1.54, 1.807) is 0 Å². The first-order valence-corrected chi connectivity index (χ1v) is 3.98. The molecule has 0 saturated carbocycles. The molecule has 1 heterocycles. The number of rotatable bonds is 1. The maximum Gasteiger partial charge on any atom is 0.0895 e. The van der Waals surface area contributed by atoms with Crippen molar-refractivity contribution < 1.29 is 0 Å². The van der Waals surface area contributed by atoms with Gasteiger partial charge in [-0.1, -0.05) is 6.07 Å². The molecule has 1 aromatic rings. The van der Waals surface area contributed by atoms with Crippen LogP contribution in [0.15, 0.2) is 29.3 Å². The van der Waals surface area contributed by atoms with Gasteiger partial charge in [0.25, 0.3) is 0 Å². The second-order valence-electron chi connectivity index (χ2n) is 2.81. The van der Waals surface area contributed by atoms with Crippen LogP contribution in [-0.2, 0) is 0 Å². The Morgan fingerprint density at radius 3 is 2.85 bits per heavy atom. The fourth-order valence-corrected chi connectivity index (χ4v) is 1.28. The van der Waals surface area contributed by atoms with Crippen molar-refractivity contribution in [3.05, 3.63) is 24.3 Å². The zero-order chi connectivity index (χ0) is 8.39. The van der Waals surface area contributed by atoms with Crippen molar-refractivity contribution in [1.82, 2.24) is 0 Å². The molecular weight excluding hydrogens is 186 g/mol. The van der Waals surface area contributed by atoms with Gasteiger partial charge in [-0.25, -0.2) is 0 Å². The Balaban J connectivity index is 0.000000845. The van der Waals surface area contributed by atoms with E-state index in [1.165, 1.54) is 0 Å². The quantitative estimate of drug-likeness (QED) is 0.694. The predicted molar refractivity (Wildman–Crippen MR) is 58.8 cm³/mol. The topological polar surface area (TPSA) is 41.6 Å². The van der Waals surface area contributed by atoms with Crippen molar-refractivity contribution in [2.45, 2.75) is 0 Å². The highest BCUT2D eigenvalue weighted by Gasteiger charge is 2.06. The molecule has 0 spiro atoms. The van der Waals surface area contributed by atoms with Crippen LogP contribution in [-0.4, -0.2) is 19.4 Å². The second-order valence-corrected chi connectivity index (χ2v) is 2.81. The SMILES string of the molecule is Cl.Nc1cccc(N2C=NCC2)c1. The Morgan fingerprint density at radius 2 is 2.23 bits per heavy atom. The number of halogens is 1. The predicted octanol–water partition coefficient (Wildman–Crippen LogP) is 1.54. The molecule has 0 radical (unpaired) electrons. The maximum atomic E-state index is 5.66. The normalized spacial score (nSPS) is 14.3. The zero-order valence-electron chi connectivity index (χ0n) is 7.18. The van der Waals surface area contributed by atoms with Crippen LogP contribution in [0.4, 0.5) is 11.4 Å². The third kappa shape index (κ3) is 2.12. The van der Waals surface area contributed by atoms with E-state index in [0.29, 0.717) is 0 Å². The largest absolute Gasteiger partial charge is 0.399 e. The lowest BCUT2D eigenvalue weighted by Crippen LogP contribution is -2.17. The molecule has 1 aliphatic rings. The summed E-state index contributed by atoms with van der Waals surface area (Å²) in [6.45, 7) is 1.85. The molecular formula is C9H12ClN3. The summed E-state index contributed by atoms with van der Waals surface area (Å²) in [6.07, 6.45) is 1.86. The lowest BCUT2D eigenvalue weighted by molar-refractivity contribution is 1.02. The molecule has 0 saturated heterocycles. The molecule has 3 nitrogen and oxygen atoms in total. The monoisotopic (exact) mass is 197 g/mol. The standard InChI is InChI=1S/C9H11N3.ClH/c10-8-2-1-3-9(6-8)12-5-4-11-7-12;/h1-3,6-7H,4-5,10H2;1H. The number of nitrogen functional groups attached to an aromatic ring is 1. The highest BCUT2D eigenvalue weighted by molar-refractivity contribution is 5.85. The number of nitrogens with zero attached hydrogens (tertiary/aromatic N) is 2. The van der Waals surface area contributed by atoms with Gasteiger partial charge in [0.15, 0.2) is 0 Å². The molecule has 0 amide bonds. The Hall–Kier alpha value is -1.22. The Morgan fingerprint density at radius 1 is 1.38 bits per heavy atom. The van der Waals surface area contributed by atoms with Crippen LogP contribution in [0.25, 0.3) is 0 Å². The molecule has 0 bridgehead atoms. The van der Waals surface area contributed by atoms with Crippen molar-refractivity contribution in [3.63, 3.8) is 0 Å². The van der Waals surface area contributed by atoms with Crippen LogP contribution in [0.1, 0.15) is 0 Å². The summed E-state index contributed by atoms with van der Waals surface area (Å²) in [5.74, 6) is 0. The summed E-state index contributed by atoms with van der Waals surface area (Å²) in [5, 5.41) is 0. The third-order valence-corrected chi connectivity index (χ3v) is 1.89. The molecule has 13 heavy (non-hydrogen) atoms. The van der Waals surface area contributed by atoms with Crippen molar-refractivity contribution in [2.24, 2.45) is 4.99 Å². The molecule has 0 fully saturated rings. The first kappa shape index (κ1) is 9.86. The van der Waals surface area contributed by atoms with Crippen LogP contribution in [0, 0.1) is 0 Å². The zero-order valence-corrected chi connectivity index (χ0v) is 8.00. The fraction of sp³-hybridized carbons (Fsp3) is 0.222. The lowest BCUT2D eigenvalue weighted by atomic mass is 10.2. The van der Waals surface area contributed by atoms with Gasteiger partial charge in [-0.15, -0.1) is 12.4 Å². The highest BCUT2D eigenvalue weighted by Crippen LogP contribution is 2.17. The highest BCUT2D eigenvalue weighted by atomic mass is 35.5. The molecule has 2 N–H and O–H groups in total. The van der Waals surface area contributed by atoms with Gasteiger partial charge in [-0.3, -0.25) is 4.99 Å². The van der Waals surface area contributed by atoms with E-state index in [9.17, 15) is 0 Å². The number of aliphatic imine (C=N–C) groups is 1. The van der Waals surface area contributed by atoms with E-state index < -0.39 is 0 Å². The lowest BCUT2D eigenvalue weighted by Gasteiger charge is -2.13. The summed E-state index contributed by atoms with van der Waals surface area (Å²) in [7, 11) is 0. The first-order chi connectivity index (χ1) is 5.86. The summed E-state index contributed by atoms with van der Waals surface area (Å²) >= 11 is 0. The number of anilines is 2. The van der Waals surface area contributed by atoms with Crippen LogP contribution in [0.2, 0.25) is 0 Å². The van der Waals surface area contributed by atoms with Crippen LogP contribution < -0.4 is 10.6 Å². The van der Waals surface area contributed by atoms with Crippen LogP contribution >= 0.6 is 12.4 Å². The van der Waals surface area contributed by atoms with Gasteiger partial charge >= 0.3 is 0 Å². The molecule has 1 aliphatic heterocycles. The minimum Gasteiger partial charge on any atom is -0.399 e. The summed E-state index contributed by atoms with van der Waals surface area (Å²) in [6, 6.07) is 7.83. The average molecular weight is 198 g/mol. The van der Waals surface area contributed by atoms with Gasteiger partial charge < -0.3 is 10.6 Å². The van der Waals surface area contributed by atoms with Gasteiger partial charge in [0.2, 0.25) is 0 Å². The number of hydrogen-bond donors (Lipinski definition) is 1. The van der Waals surface area contributed by atoms with Gasteiger partial charge in [0.05, 0.1) is 12.9 Å². The molecule has 0 aromatic heterocycles. The minimum atomic E-state index is 0. The summed E-state index contributed by atoms with van der Waals surface area (Å²) < 4.78 is 0. The minimum absolute atomic E-state index is 0. The van der Waals surface area contributed by atoms with Gasteiger partial charge in [-0.2, -0.15) is 0 Å². The maximum absolute atomic E-state index is 5.66. The molecule has 4 heteroatoms. The molecule has 0 aliphatic carbocycles. The summed E-state index contributed by atoms with van der Waals surface area (Å²) in [4.78, 5) is 6.22. The Labute approximate surface area is 83.7 Å². The molecule has 0 unspecified atom stereocenters. The Bertz CT molecular complexity index is 311. The van der Waals surface area contributed by atoms with Gasteiger partial charge in [0, 0.05) is 17.9 Å².